The Bertz CT molecular complexity index is 908. The molecule has 170 valence electrons. The van der Waals surface area contributed by atoms with Crippen molar-refractivity contribution in [2.75, 3.05) is 32.8 Å². The normalized spacial score (nSPS) is 16.1. The molecule has 1 aromatic carbocycles. The van der Waals surface area contributed by atoms with Gasteiger partial charge in [0.1, 0.15) is 0 Å². The van der Waals surface area contributed by atoms with Crippen LogP contribution in [0.1, 0.15) is 31.9 Å². The molecule has 1 aromatic rings. The largest absolute Gasteiger partial charge is 0.450 e. The molecular formula is C18H30N4O6S2. The highest BCUT2D eigenvalue weighted by atomic mass is 32.2. The van der Waals surface area contributed by atoms with Gasteiger partial charge < -0.3 is 9.64 Å². The molecule has 12 heteroatoms. The molecule has 2 N–H and O–H groups in total. The Morgan fingerprint density at radius 1 is 1.03 bits per heavy atom. The molecule has 1 heterocycles. The summed E-state index contributed by atoms with van der Waals surface area (Å²) < 4.78 is 60.3. The third-order valence-corrected chi connectivity index (χ3v) is 7.46. The van der Waals surface area contributed by atoms with E-state index >= 15 is 0 Å². The molecule has 10 nitrogen and oxygen atoms in total. The van der Waals surface area contributed by atoms with Crippen LogP contribution in [0.15, 0.2) is 24.3 Å². The van der Waals surface area contributed by atoms with E-state index in [4.69, 9.17) is 4.74 Å². The first kappa shape index (κ1) is 24.5. The van der Waals surface area contributed by atoms with Gasteiger partial charge >= 0.3 is 6.09 Å². The predicted octanol–water partition coefficient (Wildman–Crippen LogP) is 0.623. The van der Waals surface area contributed by atoms with Crippen LogP contribution in [0, 0.1) is 0 Å². The molecule has 0 unspecified atom stereocenters. The van der Waals surface area contributed by atoms with Crippen LogP contribution >= 0.6 is 0 Å². The topological polar surface area (TPSA) is 125 Å². The molecule has 1 fully saturated rings. The second kappa shape index (κ2) is 10.5. The van der Waals surface area contributed by atoms with Crippen molar-refractivity contribution < 1.29 is 26.4 Å². The molecule has 30 heavy (non-hydrogen) atoms. The number of amides is 1. The van der Waals surface area contributed by atoms with Crippen LogP contribution in [0.3, 0.4) is 0 Å². The standard InChI is InChI=1S/C18H30N4O6S2/c1-4-28-18(23)21-9-11-22(12-10-21)30(26,27)19-13-16-5-7-17(8-6-16)14-29(24,25)20-15(2)3/h5-8,15,19-20H,4,9-14H2,1-3H3. The first-order chi connectivity index (χ1) is 14.0. The molecule has 2 rings (SSSR count). The summed E-state index contributed by atoms with van der Waals surface area (Å²) in [7, 11) is -7.11. The first-order valence-corrected chi connectivity index (χ1v) is 12.9. The summed E-state index contributed by atoms with van der Waals surface area (Å²) in [6, 6.07) is 6.55. The Morgan fingerprint density at radius 3 is 2.13 bits per heavy atom. The monoisotopic (exact) mass is 462 g/mol. The van der Waals surface area contributed by atoms with E-state index in [1.807, 2.05) is 0 Å². The van der Waals surface area contributed by atoms with E-state index in [9.17, 15) is 21.6 Å². The highest BCUT2D eigenvalue weighted by Gasteiger charge is 2.29. The lowest BCUT2D eigenvalue weighted by molar-refractivity contribution is 0.0932. The molecule has 1 amide bonds. The number of piperazine rings is 1. The number of hydrogen-bond donors (Lipinski definition) is 2. The maximum atomic E-state index is 12.5. The summed E-state index contributed by atoms with van der Waals surface area (Å²) in [6.45, 7) is 6.50. The Labute approximate surface area is 178 Å². The Balaban J connectivity index is 1.87. The van der Waals surface area contributed by atoms with E-state index in [-0.39, 0.29) is 51.1 Å². The summed E-state index contributed by atoms with van der Waals surface area (Å²) in [5, 5.41) is 0. The summed E-state index contributed by atoms with van der Waals surface area (Å²) in [4.78, 5) is 13.2. The number of carbonyl (C=O) groups is 1. The zero-order valence-corrected chi connectivity index (χ0v) is 19.1. The molecule has 0 atom stereocenters. The highest BCUT2D eigenvalue weighted by molar-refractivity contribution is 7.88. The van der Waals surface area contributed by atoms with Gasteiger partial charge in [-0.15, -0.1) is 0 Å². The van der Waals surface area contributed by atoms with Gasteiger partial charge in [0.15, 0.2) is 0 Å². The number of benzene rings is 1. The van der Waals surface area contributed by atoms with E-state index in [0.29, 0.717) is 11.1 Å². The minimum atomic E-state index is -3.70. The SMILES string of the molecule is CCOC(=O)N1CCN(S(=O)(=O)NCc2ccc(CS(=O)(=O)NC(C)C)cc2)CC1. The Morgan fingerprint density at radius 2 is 1.60 bits per heavy atom. The molecular weight excluding hydrogens is 432 g/mol. The van der Waals surface area contributed by atoms with E-state index in [2.05, 4.69) is 9.44 Å². The molecule has 1 aliphatic heterocycles. The fraction of sp³-hybridized carbons (Fsp3) is 0.611. The van der Waals surface area contributed by atoms with Crippen LogP contribution in [0.25, 0.3) is 0 Å². The zero-order chi connectivity index (χ0) is 22.4. The lowest BCUT2D eigenvalue weighted by Gasteiger charge is -2.33. The fourth-order valence-electron chi connectivity index (χ4n) is 2.97. The van der Waals surface area contributed by atoms with Crippen molar-refractivity contribution in [2.45, 2.75) is 39.1 Å². The average molecular weight is 463 g/mol. The summed E-state index contributed by atoms with van der Waals surface area (Å²) in [5.41, 5.74) is 1.33. The number of nitrogens with one attached hydrogen (secondary N) is 2. The van der Waals surface area contributed by atoms with Crippen LogP contribution in [0.5, 0.6) is 0 Å². The fourth-order valence-corrected chi connectivity index (χ4v) is 5.57. The van der Waals surface area contributed by atoms with Crippen molar-refractivity contribution in [1.29, 1.82) is 0 Å². The molecule has 0 radical (unpaired) electrons. The lowest BCUT2D eigenvalue weighted by atomic mass is 10.1. The molecule has 1 saturated heterocycles. The molecule has 0 spiro atoms. The lowest BCUT2D eigenvalue weighted by Crippen LogP contribution is -2.53. The smallest absolute Gasteiger partial charge is 0.409 e. The molecule has 0 saturated carbocycles. The average Bonchev–Trinajstić information content (AvgIpc) is 2.66. The molecule has 0 bridgehead atoms. The third kappa shape index (κ3) is 7.51. The van der Waals surface area contributed by atoms with Gasteiger partial charge in [-0.05, 0) is 31.9 Å². The minimum Gasteiger partial charge on any atom is -0.450 e. The van der Waals surface area contributed by atoms with E-state index in [0.717, 1.165) is 0 Å². The van der Waals surface area contributed by atoms with Gasteiger partial charge in [0.25, 0.3) is 10.2 Å². The highest BCUT2D eigenvalue weighted by Crippen LogP contribution is 2.11. The van der Waals surface area contributed by atoms with E-state index in [1.54, 1.807) is 45.0 Å². The third-order valence-electron chi connectivity index (χ3n) is 4.36. The van der Waals surface area contributed by atoms with Gasteiger partial charge in [-0.2, -0.15) is 17.4 Å². The minimum absolute atomic E-state index is 0.0810. The van der Waals surface area contributed by atoms with Gasteiger partial charge in [-0.25, -0.2) is 17.9 Å². The van der Waals surface area contributed by atoms with Gasteiger partial charge in [0.05, 0.1) is 12.4 Å². The second-order valence-corrected chi connectivity index (χ2v) is 10.8. The van der Waals surface area contributed by atoms with Crippen LogP contribution in [0.2, 0.25) is 0 Å². The van der Waals surface area contributed by atoms with Crippen molar-refractivity contribution in [3.8, 4) is 0 Å². The van der Waals surface area contributed by atoms with Crippen LogP contribution < -0.4 is 9.44 Å². The Kier molecular flexibility index (Phi) is 8.62. The van der Waals surface area contributed by atoms with E-state index < -0.39 is 26.3 Å². The Hall–Kier alpha value is -1.73. The number of carbonyl (C=O) groups excluding carboxylic acids is 1. The predicted molar refractivity (Wildman–Crippen MR) is 113 cm³/mol. The number of rotatable bonds is 9. The van der Waals surface area contributed by atoms with Crippen LogP contribution in [-0.2, 0) is 37.3 Å². The van der Waals surface area contributed by atoms with Gasteiger partial charge in [-0.1, -0.05) is 24.3 Å². The number of sulfonamides is 1. The first-order valence-electron chi connectivity index (χ1n) is 9.76. The maximum absolute atomic E-state index is 12.5. The summed E-state index contributed by atoms with van der Waals surface area (Å²) >= 11 is 0. The summed E-state index contributed by atoms with van der Waals surface area (Å²) in [6.07, 6.45) is -0.437. The van der Waals surface area contributed by atoms with Crippen LogP contribution in [-0.4, -0.2) is 71.0 Å². The van der Waals surface area contributed by atoms with Crippen LogP contribution in [0.4, 0.5) is 4.79 Å². The zero-order valence-electron chi connectivity index (χ0n) is 17.5. The van der Waals surface area contributed by atoms with Crippen molar-refractivity contribution in [1.82, 2.24) is 18.6 Å². The van der Waals surface area contributed by atoms with E-state index in [1.165, 1.54) is 9.21 Å². The van der Waals surface area contributed by atoms with Crippen molar-refractivity contribution >= 4 is 26.3 Å². The quantitative estimate of drug-likeness (QED) is 0.554. The molecule has 0 aliphatic carbocycles. The van der Waals surface area contributed by atoms with Crippen molar-refractivity contribution in [3.05, 3.63) is 35.4 Å². The molecule has 1 aliphatic rings. The maximum Gasteiger partial charge on any atom is 0.409 e. The van der Waals surface area contributed by atoms with Crippen molar-refractivity contribution in [2.24, 2.45) is 0 Å². The number of ether oxygens (including phenoxy) is 1. The van der Waals surface area contributed by atoms with Crippen molar-refractivity contribution in [3.63, 3.8) is 0 Å². The van der Waals surface area contributed by atoms with Gasteiger partial charge in [0.2, 0.25) is 10.0 Å². The number of hydrogen-bond acceptors (Lipinski definition) is 6. The van der Waals surface area contributed by atoms with Gasteiger partial charge in [-0.3, -0.25) is 0 Å². The van der Waals surface area contributed by atoms with Gasteiger partial charge in [0, 0.05) is 38.8 Å². The second-order valence-electron chi connectivity index (χ2n) is 7.26. The summed E-state index contributed by atoms with van der Waals surface area (Å²) in [5.74, 6) is -0.137. The molecule has 0 aromatic heterocycles. The number of nitrogens with zero attached hydrogens (tertiary/aromatic N) is 2.